The number of primary amides is 1. The van der Waals surface area contributed by atoms with E-state index in [1.54, 1.807) is 0 Å². The smallest absolute Gasteiger partial charge is 0.217 e. The normalized spacial score (nSPS) is 11.0. The van der Waals surface area contributed by atoms with E-state index in [9.17, 15) is 4.79 Å². The number of amides is 1. The van der Waals surface area contributed by atoms with E-state index in [4.69, 9.17) is 5.73 Å². The van der Waals surface area contributed by atoms with Crippen LogP contribution >= 0.6 is 0 Å². The highest BCUT2D eigenvalue weighted by Gasteiger charge is 1.96. The standard InChI is InChI=1S/C22H45NO/c1-2-3-4-5-6-7-8-9-10-11-12-13-14-15-16-17-18-19-20-21-22(23)24/h2-21H2,1H3,(H2,23,24). The molecule has 0 bridgehead atoms. The van der Waals surface area contributed by atoms with Gasteiger partial charge in [0.05, 0.1) is 0 Å². The molecule has 1 amide bonds. The van der Waals surface area contributed by atoms with Crippen LogP contribution in [-0.4, -0.2) is 5.91 Å². The Kier molecular flexibility index (Phi) is 20.1. The zero-order chi connectivity index (χ0) is 17.7. The number of hydrogen-bond donors (Lipinski definition) is 1. The lowest BCUT2D eigenvalue weighted by Gasteiger charge is -2.03. The summed E-state index contributed by atoms with van der Waals surface area (Å²) >= 11 is 0. The van der Waals surface area contributed by atoms with Crippen LogP contribution in [-0.2, 0) is 4.79 Å². The number of unbranched alkanes of at least 4 members (excludes halogenated alkanes) is 18. The molecule has 0 aliphatic heterocycles. The van der Waals surface area contributed by atoms with Crippen LogP contribution in [0.5, 0.6) is 0 Å². The topological polar surface area (TPSA) is 43.1 Å². The van der Waals surface area contributed by atoms with Gasteiger partial charge >= 0.3 is 0 Å². The highest BCUT2D eigenvalue weighted by molar-refractivity contribution is 5.73. The van der Waals surface area contributed by atoms with Crippen molar-refractivity contribution in [2.24, 2.45) is 5.73 Å². The average molecular weight is 340 g/mol. The summed E-state index contributed by atoms with van der Waals surface area (Å²) in [5.41, 5.74) is 5.13. The van der Waals surface area contributed by atoms with Gasteiger partial charge < -0.3 is 5.73 Å². The van der Waals surface area contributed by atoms with E-state index in [1.807, 2.05) is 0 Å². The number of carbonyl (C=O) groups excluding carboxylic acids is 1. The maximum absolute atomic E-state index is 10.6. The first-order valence-electron chi connectivity index (χ1n) is 11.1. The molecule has 0 unspecified atom stereocenters. The number of nitrogens with two attached hydrogens (primary N) is 1. The minimum absolute atomic E-state index is 0.151. The highest BCUT2D eigenvalue weighted by atomic mass is 16.1. The van der Waals surface area contributed by atoms with E-state index in [2.05, 4.69) is 6.92 Å². The van der Waals surface area contributed by atoms with Gasteiger partial charge in [0.15, 0.2) is 0 Å². The van der Waals surface area contributed by atoms with Crippen molar-refractivity contribution in [1.29, 1.82) is 0 Å². The second kappa shape index (κ2) is 20.5. The Hall–Kier alpha value is -0.530. The van der Waals surface area contributed by atoms with Crippen molar-refractivity contribution >= 4 is 5.91 Å². The van der Waals surface area contributed by atoms with E-state index in [0.717, 1.165) is 6.42 Å². The monoisotopic (exact) mass is 339 g/mol. The van der Waals surface area contributed by atoms with Gasteiger partial charge in [0.1, 0.15) is 0 Å². The van der Waals surface area contributed by atoms with Crippen molar-refractivity contribution in [3.05, 3.63) is 0 Å². The molecule has 0 saturated heterocycles. The lowest BCUT2D eigenvalue weighted by atomic mass is 10.0. The van der Waals surface area contributed by atoms with Crippen LogP contribution in [0.15, 0.2) is 0 Å². The zero-order valence-electron chi connectivity index (χ0n) is 16.6. The summed E-state index contributed by atoms with van der Waals surface area (Å²) in [6.07, 6.45) is 26.8. The SMILES string of the molecule is CCCCCCCCCCCCCCCCCCCCCC(N)=O. The second-order valence-electron chi connectivity index (χ2n) is 7.58. The Morgan fingerprint density at radius 1 is 0.500 bits per heavy atom. The molecule has 0 saturated carbocycles. The molecule has 0 aliphatic carbocycles. The van der Waals surface area contributed by atoms with Gasteiger partial charge in [-0.2, -0.15) is 0 Å². The van der Waals surface area contributed by atoms with Gasteiger partial charge in [0, 0.05) is 6.42 Å². The van der Waals surface area contributed by atoms with Gasteiger partial charge in [0.25, 0.3) is 0 Å². The third kappa shape index (κ3) is 21.5. The van der Waals surface area contributed by atoms with E-state index >= 15 is 0 Å². The van der Waals surface area contributed by atoms with Crippen molar-refractivity contribution in [3.8, 4) is 0 Å². The minimum atomic E-state index is -0.151. The van der Waals surface area contributed by atoms with Crippen molar-refractivity contribution in [2.75, 3.05) is 0 Å². The van der Waals surface area contributed by atoms with Crippen molar-refractivity contribution in [1.82, 2.24) is 0 Å². The zero-order valence-corrected chi connectivity index (χ0v) is 16.6. The predicted octanol–water partition coefficient (Wildman–Crippen LogP) is 7.29. The summed E-state index contributed by atoms with van der Waals surface area (Å²) in [6, 6.07) is 0. The van der Waals surface area contributed by atoms with Crippen LogP contribution in [0, 0.1) is 0 Å². The Morgan fingerprint density at radius 2 is 0.750 bits per heavy atom. The van der Waals surface area contributed by atoms with Gasteiger partial charge in [-0.1, -0.05) is 122 Å². The molecule has 0 radical (unpaired) electrons. The lowest BCUT2D eigenvalue weighted by molar-refractivity contribution is -0.118. The molecule has 0 fully saturated rings. The largest absolute Gasteiger partial charge is 0.370 e. The summed E-state index contributed by atoms with van der Waals surface area (Å²) in [7, 11) is 0. The molecule has 24 heavy (non-hydrogen) atoms. The van der Waals surface area contributed by atoms with Gasteiger partial charge in [-0.3, -0.25) is 4.79 Å². The molecule has 144 valence electrons. The Morgan fingerprint density at radius 3 is 1.00 bits per heavy atom. The third-order valence-electron chi connectivity index (χ3n) is 5.03. The first-order valence-corrected chi connectivity index (χ1v) is 11.1. The molecule has 0 aromatic heterocycles. The minimum Gasteiger partial charge on any atom is -0.370 e. The first-order chi connectivity index (χ1) is 11.8. The molecule has 2 N–H and O–H groups in total. The summed E-state index contributed by atoms with van der Waals surface area (Å²) in [5.74, 6) is -0.151. The molecule has 2 heteroatoms. The van der Waals surface area contributed by atoms with Gasteiger partial charge in [-0.25, -0.2) is 0 Å². The first kappa shape index (κ1) is 23.5. The maximum Gasteiger partial charge on any atom is 0.217 e. The molecular formula is C22H45NO. The van der Waals surface area contributed by atoms with Crippen molar-refractivity contribution in [3.63, 3.8) is 0 Å². The number of hydrogen-bond acceptors (Lipinski definition) is 1. The fourth-order valence-electron chi connectivity index (χ4n) is 3.38. The van der Waals surface area contributed by atoms with Crippen LogP contribution in [0.1, 0.15) is 135 Å². The molecule has 0 aliphatic rings. The van der Waals surface area contributed by atoms with Crippen LogP contribution < -0.4 is 5.73 Å². The Bertz CT molecular complexity index is 252. The fraction of sp³-hybridized carbons (Fsp3) is 0.955. The maximum atomic E-state index is 10.6. The summed E-state index contributed by atoms with van der Waals surface area (Å²) in [5, 5.41) is 0. The second-order valence-corrected chi connectivity index (χ2v) is 7.58. The summed E-state index contributed by atoms with van der Waals surface area (Å²) < 4.78 is 0. The molecule has 0 spiro atoms. The van der Waals surface area contributed by atoms with Gasteiger partial charge in [0.2, 0.25) is 5.91 Å². The van der Waals surface area contributed by atoms with Crippen LogP contribution in [0.25, 0.3) is 0 Å². The number of rotatable bonds is 20. The molecule has 0 heterocycles. The lowest BCUT2D eigenvalue weighted by Crippen LogP contribution is -2.09. The molecular weight excluding hydrogens is 294 g/mol. The molecule has 2 nitrogen and oxygen atoms in total. The van der Waals surface area contributed by atoms with E-state index in [-0.39, 0.29) is 5.91 Å². The third-order valence-corrected chi connectivity index (χ3v) is 5.03. The quantitative estimate of drug-likeness (QED) is 0.232. The van der Waals surface area contributed by atoms with Gasteiger partial charge in [-0.05, 0) is 6.42 Å². The fourth-order valence-corrected chi connectivity index (χ4v) is 3.38. The van der Waals surface area contributed by atoms with Gasteiger partial charge in [-0.15, -0.1) is 0 Å². The van der Waals surface area contributed by atoms with E-state index < -0.39 is 0 Å². The summed E-state index contributed by atoms with van der Waals surface area (Å²) in [6.45, 7) is 2.29. The average Bonchev–Trinajstić information content (AvgIpc) is 2.56. The molecule has 0 rings (SSSR count). The number of carbonyl (C=O) groups is 1. The predicted molar refractivity (Wildman–Crippen MR) is 107 cm³/mol. The molecule has 0 aromatic rings. The Labute approximate surface area is 152 Å². The van der Waals surface area contributed by atoms with Crippen LogP contribution in [0.4, 0.5) is 0 Å². The van der Waals surface area contributed by atoms with Crippen molar-refractivity contribution in [2.45, 2.75) is 135 Å². The van der Waals surface area contributed by atoms with Crippen molar-refractivity contribution < 1.29 is 4.79 Å². The van der Waals surface area contributed by atoms with Crippen LogP contribution in [0.2, 0.25) is 0 Å². The Balaban J connectivity index is 2.97. The molecule has 0 aromatic carbocycles. The van der Waals surface area contributed by atoms with E-state index in [0.29, 0.717) is 6.42 Å². The van der Waals surface area contributed by atoms with E-state index in [1.165, 1.54) is 116 Å². The van der Waals surface area contributed by atoms with Crippen LogP contribution in [0.3, 0.4) is 0 Å². The summed E-state index contributed by atoms with van der Waals surface area (Å²) in [4.78, 5) is 10.6. The highest BCUT2D eigenvalue weighted by Crippen LogP contribution is 2.14. The molecule has 0 atom stereocenters.